The van der Waals surface area contributed by atoms with Crippen molar-refractivity contribution in [3.63, 3.8) is 0 Å². The average Bonchev–Trinajstić information content (AvgIpc) is 2.88. The van der Waals surface area contributed by atoms with Gasteiger partial charge >= 0.3 is 6.09 Å². The smallest absolute Gasteiger partial charge is 0.410 e. The zero-order valence-electron chi connectivity index (χ0n) is 10.1. The number of nitrogens with zero attached hydrogens (tertiary/aromatic N) is 2. The molecule has 2 atom stereocenters. The number of hydrogen-bond acceptors (Lipinski definition) is 3. The molecule has 0 aromatic carbocycles. The van der Waals surface area contributed by atoms with Crippen LogP contribution >= 0.6 is 0 Å². The predicted molar refractivity (Wildman–Crippen MR) is 58.6 cm³/mol. The molecule has 16 heavy (non-hydrogen) atoms. The van der Waals surface area contributed by atoms with E-state index in [0.717, 1.165) is 12.8 Å². The van der Waals surface area contributed by atoms with E-state index in [1.807, 2.05) is 20.8 Å². The zero-order chi connectivity index (χ0) is 12.0. The lowest BCUT2D eigenvalue weighted by molar-refractivity contribution is 0.0193. The van der Waals surface area contributed by atoms with Crippen molar-refractivity contribution >= 4 is 6.09 Å². The van der Waals surface area contributed by atoms with Crippen LogP contribution in [0.2, 0.25) is 0 Å². The maximum atomic E-state index is 11.8. The number of amides is 1. The summed E-state index contributed by atoms with van der Waals surface area (Å²) in [6.45, 7) is 6.93. The molecule has 1 heterocycles. The van der Waals surface area contributed by atoms with E-state index >= 15 is 0 Å². The normalized spacial score (nSPS) is 32.6. The van der Waals surface area contributed by atoms with Crippen molar-refractivity contribution in [1.29, 1.82) is 5.26 Å². The SMILES string of the molecule is CC(C)(C)OC(=O)N1CCC2(C#N)CC2C1. The molecule has 1 amide bonds. The van der Waals surface area contributed by atoms with Gasteiger partial charge < -0.3 is 9.64 Å². The highest BCUT2D eigenvalue weighted by Gasteiger charge is 2.58. The van der Waals surface area contributed by atoms with Gasteiger partial charge in [0.1, 0.15) is 5.60 Å². The number of piperidine rings is 1. The molecule has 2 fully saturated rings. The van der Waals surface area contributed by atoms with Crippen LogP contribution in [0.5, 0.6) is 0 Å². The molecule has 2 rings (SSSR count). The Balaban J connectivity index is 1.90. The maximum absolute atomic E-state index is 11.8. The third-order valence-electron chi connectivity index (χ3n) is 3.37. The van der Waals surface area contributed by atoms with Gasteiger partial charge in [-0.15, -0.1) is 0 Å². The Labute approximate surface area is 96.2 Å². The topological polar surface area (TPSA) is 53.3 Å². The van der Waals surface area contributed by atoms with Gasteiger partial charge in [-0.05, 0) is 39.5 Å². The van der Waals surface area contributed by atoms with Gasteiger partial charge in [0.05, 0.1) is 11.5 Å². The number of fused-ring (bicyclic) bond motifs is 1. The maximum Gasteiger partial charge on any atom is 0.410 e. The molecule has 1 aliphatic heterocycles. The van der Waals surface area contributed by atoms with Crippen LogP contribution in [-0.4, -0.2) is 29.7 Å². The molecule has 1 saturated carbocycles. The predicted octanol–water partition coefficient (Wildman–Crippen LogP) is 2.16. The second kappa shape index (κ2) is 3.38. The van der Waals surface area contributed by atoms with Gasteiger partial charge in [0.2, 0.25) is 0 Å². The second-order valence-corrected chi connectivity index (χ2v) is 5.85. The fourth-order valence-electron chi connectivity index (χ4n) is 2.30. The number of likely N-dealkylation sites (tertiary alicyclic amines) is 1. The van der Waals surface area contributed by atoms with Crippen LogP contribution in [0.1, 0.15) is 33.6 Å². The molecular weight excluding hydrogens is 204 g/mol. The first-order chi connectivity index (χ1) is 7.36. The fourth-order valence-corrected chi connectivity index (χ4v) is 2.30. The molecule has 0 spiro atoms. The Kier molecular flexibility index (Phi) is 2.37. The molecule has 2 aliphatic rings. The van der Waals surface area contributed by atoms with Gasteiger partial charge in [-0.1, -0.05) is 0 Å². The molecule has 0 bridgehead atoms. The summed E-state index contributed by atoms with van der Waals surface area (Å²) in [5.41, 5.74) is -0.553. The molecule has 4 nitrogen and oxygen atoms in total. The lowest BCUT2D eigenvalue weighted by Gasteiger charge is -2.31. The molecule has 0 radical (unpaired) electrons. The number of carbonyl (C=O) groups excluding carboxylic acids is 1. The number of ether oxygens (including phenoxy) is 1. The molecule has 0 aromatic rings. The van der Waals surface area contributed by atoms with E-state index in [9.17, 15) is 4.79 Å². The van der Waals surface area contributed by atoms with Crippen molar-refractivity contribution < 1.29 is 9.53 Å². The number of hydrogen-bond donors (Lipinski definition) is 0. The Morgan fingerprint density at radius 1 is 1.56 bits per heavy atom. The second-order valence-electron chi connectivity index (χ2n) is 5.85. The van der Waals surface area contributed by atoms with Gasteiger partial charge in [-0.3, -0.25) is 0 Å². The first-order valence-electron chi connectivity index (χ1n) is 5.75. The minimum atomic E-state index is -0.440. The van der Waals surface area contributed by atoms with E-state index in [1.165, 1.54) is 0 Å². The summed E-state index contributed by atoms with van der Waals surface area (Å²) in [7, 11) is 0. The molecule has 0 N–H and O–H groups in total. The molecule has 1 saturated heterocycles. The van der Waals surface area contributed by atoms with E-state index in [1.54, 1.807) is 4.90 Å². The first kappa shape index (κ1) is 11.3. The lowest BCUT2D eigenvalue weighted by Crippen LogP contribution is -2.42. The van der Waals surface area contributed by atoms with Crippen molar-refractivity contribution in [2.24, 2.45) is 11.3 Å². The van der Waals surface area contributed by atoms with E-state index in [4.69, 9.17) is 10.00 Å². The largest absolute Gasteiger partial charge is 0.444 e. The van der Waals surface area contributed by atoms with Gasteiger partial charge in [0.25, 0.3) is 0 Å². The highest BCUT2D eigenvalue weighted by atomic mass is 16.6. The Morgan fingerprint density at radius 3 is 2.75 bits per heavy atom. The molecule has 2 unspecified atom stereocenters. The van der Waals surface area contributed by atoms with Crippen LogP contribution in [0, 0.1) is 22.7 Å². The third-order valence-corrected chi connectivity index (χ3v) is 3.37. The van der Waals surface area contributed by atoms with Crippen LogP contribution in [0.15, 0.2) is 0 Å². The average molecular weight is 222 g/mol. The lowest BCUT2D eigenvalue weighted by atomic mass is 9.97. The standard InChI is InChI=1S/C12H18N2O2/c1-11(2,3)16-10(15)14-5-4-12(8-13)6-9(12)7-14/h9H,4-7H2,1-3H3. The summed E-state index contributed by atoms with van der Waals surface area (Å²) in [4.78, 5) is 13.5. The minimum absolute atomic E-state index is 0.113. The quantitative estimate of drug-likeness (QED) is 0.631. The van der Waals surface area contributed by atoms with Crippen molar-refractivity contribution in [2.75, 3.05) is 13.1 Å². The summed E-state index contributed by atoms with van der Waals surface area (Å²) in [5.74, 6) is 0.374. The minimum Gasteiger partial charge on any atom is -0.444 e. The van der Waals surface area contributed by atoms with E-state index in [2.05, 4.69) is 6.07 Å². The summed E-state index contributed by atoms with van der Waals surface area (Å²) in [6.07, 6.45) is 1.50. The van der Waals surface area contributed by atoms with Crippen molar-refractivity contribution in [3.8, 4) is 6.07 Å². The Hall–Kier alpha value is -1.24. The summed E-state index contributed by atoms with van der Waals surface area (Å²) in [6, 6.07) is 2.38. The molecule has 0 aromatic heterocycles. The molecule has 88 valence electrons. The van der Waals surface area contributed by atoms with Gasteiger partial charge in [0.15, 0.2) is 0 Å². The van der Waals surface area contributed by atoms with Crippen LogP contribution in [-0.2, 0) is 4.74 Å². The van der Waals surface area contributed by atoms with Crippen LogP contribution in [0.3, 0.4) is 0 Å². The van der Waals surface area contributed by atoms with Crippen LogP contribution < -0.4 is 0 Å². The van der Waals surface area contributed by atoms with Crippen LogP contribution in [0.4, 0.5) is 4.79 Å². The summed E-state index contributed by atoms with van der Waals surface area (Å²) in [5, 5.41) is 9.02. The Morgan fingerprint density at radius 2 is 2.25 bits per heavy atom. The van der Waals surface area contributed by atoms with Crippen LogP contribution in [0.25, 0.3) is 0 Å². The van der Waals surface area contributed by atoms with Gasteiger partial charge in [-0.25, -0.2) is 4.79 Å². The number of carbonyl (C=O) groups is 1. The first-order valence-corrected chi connectivity index (χ1v) is 5.75. The molecule has 4 heteroatoms. The van der Waals surface area contributed by atoms with Crippen molar-refractivity contribution in [1.82, 2.24) is 4.90 Å². The van der Waals surface area contributed by atoms with E-state index in [-0.39, 0.29) is 11.5 Å². The summed E-state index contributed by atoms with van der Waals surface area (Å²) < 4.78 is 5.31. The summed E-state index contributed by atoms with van der Waals surface area (Å²) >= 11 is 0. The fraction of sp³-hybridized carbons (Fsp3) is 0.833. The van der Waals surface area contributed by atoms with E-state index < -0.39 is 5.60 Å². The van der Waals surface area contributed by atoms with Gasteiger partial charge in [0, 0.05) is 13.1 Å². The number of rotatable bonds is 0. The van der Waals surface area contributed by atoms with Crippen molar-refractivity contribution in [3.05, 3.63) is 0 Å². The molecular formula is C12H18N2O2. The third kappa shape index (κ3) is 1.99. The highest BCUT2D eigenvalue weighted by Crippen LogP contribution is 2.57. The Bertz CT molecular complexity index is 353. The molecule has 1 aliphatic carbocycles. The zero-order valence-corrected chi connectivity index (χ0v) is 10.1. The van der Waals surface area contributed by atoms with E-state index in [0.29, 0.717) is 19.0 Å². The monoisotopic (exact) mass is 222 g/mol. The number of nitriles is 1. The van der Waals surface area contributed by atoms with Crippen molar-refractivity contribution in [2.45, 2.75) is 39.2 Å². The highest BCUT2D eigenvalue weighted by molar-refractivity contribution is 5.68. The van der Waals surface area contributed by atoms with Gasteiger partial charge in [-0.2, -0.15) is 5.26 Å².